The largest absolute Gasteiger partial charge is 0.354 e. The number of nitrogens with zero attached hydrogens (tertiary/aromatic N) is 3. The third kappa shape index (κ3) is 7.44. The molecule has 1 amide bonds. The number of rotatable bonds is 6. The van der Waals surface area contributed by atoms with Crippen LogP contribution in [0.5, 0.6) is 0 Å². The quantitative estimate of drug-likeness (QED) is 0.422. The molecule has 1 aromatic rings. The van der Waals surface area contributed by atoms with Gasteiger partial charge in [-0.25, -0.2) is 4.99 Å². The summed E-state index contributed by atoms with van der Waals surface area (Å²) in [5.41, 5.74) is 1.25. The Labute approximate surface area is 154 Å². The lowest BCUT2D eigenvalue weighted by Crippen LogP contribution is -2.43. The van der Waals surface area contributed by atoms with Crippen LogP contribution in [0.25, 0.3) is 0 Å². The Morgan fingerprint density at radius 3 is 2.59 bits per heavy atom. The number of carbonyl (C=O) groups is 1. The molecule has 0 aromatic carbocycles. The van der Waals surface area contributed by atoms with Crippen LogP contribution in [0, 0.1) is 0 Å². The molecule has 0 aliphatic heterocycles. The molecule has 1 aromatic heterocycles. The lowest BCUT2D eigenvalue weighted by atomic mass is 10.2. The fraction of sp³-hybridized carbons (Fsp3) is 0.600. The van der Waals surface area contributed by atoms with Crippen LogP contribution in [0.15, 0.2) is 21.8 Å². The molecular formula is C15H27IN4OS. The Morgan fingerprint density at radius 2 is 2.09 bits per heavy atom. The highest BCUT2D eigenvalue weighted by molar-refractivity contribution is 14.0. The van der Waals surface area contributed by atoms with Crippen LogP contribution in [0.2, 0.25) is 0 Å². The minimum Gasteiger partial charge on any atom is -0.354 e. The molecule has 0 saturated heterocycles. The summed E-state index contributed by atoms with van der Waals surface area (Å²) < 4.78 is 0. The van der Waals surface area contributed by atoms with E-state index in [4.69, 9.17) is 0 Å². The molecule has 0 aliphatic rings. The number of aliphatic imine (C=N–C) groups is 1. The maximum Gasteiger partial charge on any atom is 0.243 e. The van der Waals surface area contributed by atoms with Gasteiger partial charge in [0.15, 0.2) is 5.96 Å². The molecule has 5 nitrogen and oxygen atoms in total. The second-order valence-electron chi connectivity index (χ2n) is 5.37. The van der Waals surface area contributed by atoms with Crippen molar-refractivity contribution in [3.63, 3.8) is 0 Å². The molecule has 7 heteroatoms. The predicted molar refractivity (Wildman–Crippen MR) is 105 cm³/mol. The van der Waals surface area contributed by atoms with Crippen molar-refractivity contribution in [1.82, 2.24) is 15.1 Å². The number of guanidine groups is 1. The summed E-state index contributed by atoms with van der Waals surface area (Å²) in [6.45, 7) is 5.18. The SMILES string of the molecule is CCC(C)NC(=NCC(=O)N(C)C)N(C)Cc1ccsc1.I. The van der Waals surface area contributed by atoms with Gasteiger partial charge in [-0.3, -0.25) is 4.79 Å². The second kappa shape index (κ2) is 10.8. The van der Waals surface area contributed by atoms with E-state index in [-0.39, 0.29) is 36.4 Å². The van der Waals surface area contributed by atoms with E-state index in [9.17, 15) is 4.79 Å². The molecule has 1 heterocycles. The van der Waals surface area contributed by atoms with Crippen molar-refractivity contribution >= 4 is 47.2 Å². The topological polar surface area (TPSA) is 47.9 Å². The van der Waals surface area contributed by atoms with Gasteiger partial charge in [0.05, 0.1) is 0 Å². The van der Waals surface area contributed by atoms with Gasteiger partial charge in [-0.15, -0.1) is 24.0 Å². The Kier molecular flexibility index (Phi) is 10.4. The smallest absolute Gasteiger partial charge is 0.243 e. The van der Waals surface area contributed by atoms with Gasteiger partial charge in [-0.05, 0) is 35.7 Å². The molecule has 22 heavy (non-hydrogen) atoms. The van der Waals surface area contributed by atoms with Crippen LogP contribution in [-0.2, 0) is 11.3 Å². The molecule has 126 valence electrons. The number of carbonyl (C=O) groups excluding carboxylic acids is 1. The van der Waals surface area contributed by atoms with Gasteiger partial charge < -0.3 is 15.1 Å². The van der Waals surface area contributed by atoms with Gasteiger partial charge in [0.25, 0.3) is 0 Å². The van der Waals surface area contributed by atoms with E-state index in [0.717, 1.165) is 18.9 Å². The average Bonchev–Trinajstić information content (AvgIpc) is 2.95. The van der Waals surface area contributed by atoms with Crippen LogP contribution < -0.4 is 5.32 Å². The number of likely N-dealkylation sites (N-methyl/N-ethyl adjacent to an activating group) is 1. The van der Waals surface area contributed by atoms with Crippen molar-refractivity contribution in [2.45, 2.75) is 32.9 Å². The molecule has 0 radical (unpaired) electrons. The van der Waals surface area contributed by atoms with Gasteiger partial charge in [-0.1, -0.05) is 6.92 Å². The normalized spacial score (nSPS) is 12.3. The molecule has 1 N–H and O–H groups in total. The van der Waals surface area contributed by atoms with Crippen molar-refractivity contribution in [3.05, 3.63) is 22.4 Å². The average molecular weight is 438 g/mol. The number of amides is 1. The van der Waals surface area contributed by atoms with Gasteiger partial charge in [0.1, 0.15) is 6.54 Å². The molecule has 1 rings (SSSR count). The maximum atomic E-state index is 11.7. The van der Waals surface area contributed by atoms with Crippen LogP contribution >= 0.6 is 35.3 Å². The zero-order valence-corrected chi connectivity index (χ0v) is 17.1. The first kappa shape index (κ1) is 21.2. The summed E-state index contributed by atoms with van der Waals surface area (Å²) in [5.74, 6) is 0.771. The summed E-state index contributed by atoms with van der Waals surface area (Å²) in [7, 11) is 5.48. The fourth-order valence-electron chi connectivity index (χ4n) is 1.61. The molecule has 1 atom stereocenters. The highest BCUT2D eigenvalue weighted by Gasteiger charge is 2.11. The minimum absolute atomic E-state index is 0. The van der Waals surface area contributed by atoms with Crippen molar-refractivity contribution in [2.75, 3.05) is 27.7 Å². The van der Waals surface area contributed by atoms with Gasteiger partial charge in [-0.2, -0.15) is 11.3 Å². The summed E-state index contributed by atoms with van der Waals surface area (Å²) in [6, 6.07) is 2.43. The second-order valence-corrected chi connectivity index (χ2v) is 6.15. The number of thiophene rings is 1. The Balaban J connectivity index is 0.00000441. The van der Waals surface area contributed by atoms with E-state index in [2.05, 4.69) is 45.9 Å². The molecule has 0 bridgehead atoms. The van der Waals surface area contributed by atoms with Crippen molar-refractivity contribution in [1.29, 1.82) is 0 Å². The molecule has 0 spiro atoms. The highest BCUT2D eigenvalue weighted by Crippen LogP contribution is 2.08. The third-order valence-electron chi connectivity index (χ3n) is 3.21. The highest BCUT2D eigenvalue weighted by atomic mass is 127. The maximum absolute atomic E-state index is 11.7. The Hall–Kier alpha value is -0.830. The van der Waals surface area contributed by atoms with E-state index in [1.807, 2.05) is 7.05 Å². The monoisotopic (exact) mass is 438 g/mol. The number of nitrogens with one attached hydrogen (secondary N) is 1. The number of hydrogen-bond donors (Lipinski definition) is 1. The molecule has 0 aliphatic carbocycles. The standard InChI is InChI=1S/C15H26N4OS.HI/c1-6-12(2)17-15(16-9-14(20)18(3)4)19(5)10-13-7-8-21-11-13;/h7-8,11-12H,6,9-10H2,1-5H3,(H,16,17);1H. The van der Waals surface area contributed by atoms with Gasteiger partial charge >= 0.3 is 0 Å². The lowest BCUT2D eigenvalue weighted by molar-refractivity contribution is -0.127. The first-order valence-corrected chi connectivity index (χ1v) is 8.11. The van der Waals surface area contributed by atoms with Crippen molar-refractivity contribution in [2.24, 2.45) is 4.99 Å². The molecule has 0 saturated carbocycles. The Morgan fingerprint density at radius 1 is 1.41 bits per heavy atom. The summed E-state index contributed by atoms with van der Waals surface area (Å²) in [6.07, 6.45) is 1.01. The number of halogens is 1. The third-order valence-corrected chi connectivity index (χ3v) is 3.94. The number of hydrogen-bond acceptors (Lipinski definition) is 3. The van der Waals surface area contributed by atoms with E-state index in [1.165, 1.54) is 5.56 Å². The predicted octanol–water partition coefficient (Wildman–Crippen LogP) is 2.63. The summed E-state index contributed by atoms with van der Waals surface area (Å²) >= 11 is 1.69. The minimum atomic E-state index is 0. The lowest BCUT2D eigenvalue weighted by Gasteiger charge is -2.25. The molecule has 1 unspecified atom stereocenters. The molecular weight excluding hydrogens is 411 g/mol. The summed E-state index contributed by atoms with van der Waals surface area (Å²) in [4.78, 5) is 19.8. The van der Waals surface area contributed by atoms with Gasteiger partial charge in [0, 0.05) is 33.7 Å². The first-order valence-electron chi connectivity index (χ1n) is 7.17. The zero-order valence-electron chi connectivity index (χ0n) is 14.0. The van der Waals surface area contributed by atoms with E-state index < -0.39 is 0 Å². The van der Waals surface area contributed by atoms with E-state index in [1.54, 1.807) is 30.3 Å². The van der Waals surface area contributed by atoms with E-state index >= 15 is 0 Å². The Bertz CT molecular complexity index is 462. The van der Waals surface area contributed by atoms with Crippen LogP contribution in [0.3, 0.4) is 0 Å². The zero-order chi connectivity index (χ0) is 15.8. The van der Waals surface area contributed by atoms with Crippen LogP contribution in [0.1, 0.15) is 25.8 Å². The van der Waals surface area contributed by atoms with Gasteiger partial charge in [0.2, 0.25) is 5.91 Å². The fourth-order valence-corrected chi connectivity index (χ4v) is 2.27. The van der Waals surface area contributed by atoms with Crippen LogP contribution in [-0.4, -0.2) is 55.4 Å². The van der Waals surface area contributed by atoms with Crippen LogP contribution in [0.4, 0.5) is 0 Å². The first-order chi connectivity index (χ1) is 9.93. The summed E-state index contributed by atoms with van der Waals surface area (Å²) in [5, 5.41) is 7.58. The van der Waals surface area contributed by atoms with Crippen molar-refractivity contribution < 1.29 is 4.79 Å². The van der Waals surface area contributed by atoms with Crippen molar-refractivity contribution in [3.8, 4) is 0 Å². The van der Waals surface area contributed by atoms with E-state index in [0.29, 0.717) is 6.04 Å². The molecule has 0 fully saturated rings.